The zero-order valence-corrected chi connectivity index (χ0v) is 7.40. The lowest BCUT2D eigenvalue weighted by atomic mass is 10.4. The van der Waals surface area contributed by atoms with E-state index in [1.54, 1.807) is 11.3 Å². The Morgan fingerprint density at radius 1 is 1.44 bits per heavy atom. The molecular formula is C6H9NS2. The second kappa shape index (κ2) is 2.23. The first kappa shape index (κ1) is 6.96. The van der Waals surface area contributed by atoms with Crippen molar-refractivity contribution in [1.29, 1.82) is 0 Å². The molecule has 1 rings (SSSR count). The van der Waals surface area contributed by atoms with E-state index in [1.807, 2.05) is 11.6 Å². The van der Waals surface area contributed by atoms with E-state index in [4.69, 9.17) is 12.2 Å². The molecule has 0 fully saturated rings. The minimum atomic E-state index is 0.963. The van der Waals surface area contributed by atoms with Crippen LogP contribution in [0, 0.1) is 17.8 Å². The van der Waals surface area contributed by atoms with E-state index in [1.165, 1.54) is 10.6 Å². The van der Waals surface area contributed by atoms with Crippen molar-refractivity contribution >= 4 is 23.6 Å². The standard InChI is InChI=1S/C6H9NS2/c1-4-5(2)9-6(8)7(4)3/h1-3H3. The summed E-state index contributed by atoms with van der Waals surface area (Å²) in [5.74, 6) is 0. The van der Waals surface area contributed by atoms with Gasteiger partial charge in [0.1, 0.15) is 0 Å². The summed E-state index contributed by atoms with van der Waals surface area (Å²) in [5, 5.41) is 0. The molecule has 0 amide bonds. The van der Waals surface area contributed by atoms with Crippen LogP contribution in [0.5, 0.6) is 0 Å². The van der Waals surface area contributed by atoms with Crippen LogP contribution in [0.3, 0.4) is 0 Å². The minimum Gasteiger partial charge on any atom is -0.330 e. The Kier molecular flexibility index (Phi) is 1.73. The summed E-state index contributed by atoms with van der Waals surface area (Å²) in [6.45, 7) is 4.18. The summed E-state index contributed by atoms with van der Waals surface area (Å²) in [4.78, 5) is 1.32. The van der Waals surface area contributed by atoms with Crippen LogP contribution in [0.1, 0.15) is 10.6 Å². The second-order valence-corrected chi connectivity index (χ2v) is 3.92. The third-order valence-electron chi connectivity index (χ3n) is 1.53. The molecule has 0 atom stereocenters. The summed E-state index contributed by atoms with van der Waals surface area (Å²) >= 11 is 6.72. The quantitative estimate of drug-likeness (QED) is 0.526. The molecule has 0 spiro atoms. The molecule has 0 N–H and O–H groups in total. The number of aromatic nitrogens is 1. The summed E-state index contributed by atoms with van der Waals surface area (Å²) in [5.41, 5.74) is 1.28. The Balaban J connectivity index is 3.47. The van der Waals surface area contributed by atoms with Crippen LogP contribution in [-0.2, 0) is 7.05 Å². The van der Waals surface area contributed by atoms with E-state index in [2.05, 4.69) is 13.8 Å². The molecule has 0 radical (unpaired) electrons. The normalized spacial score (nSPS) is 10.1. The molecule has 0 aliphatic carbocycles. The van der Waals surface area contributed by atoms with Crippen LogP contribution < -0.4 is 0 Å². The third-order valence-corrected chi connectivity index (χ3v) is 3.10. The zero-order valence-electron chi connectivity index (χ0n) is 5.76. The van der Waals surface area contributed by atoms with E-state index >= 15 is 0 Å². The fourth-order valence-electron chi connectivity index (χ4n) is 0.646. The lowest BCUT2D eigenvalue weighted by Gasteiger charge is -1.92. The van der Waals surface area contributed by atoms with Crippen molar-refractivity contribution in [3.05, 3.63) is 14.5 Å². The van der Waals surface area contributed by atoms with Crippen molar-refractivity contribution in [2.24, 2.45) is 7.05 Å². The highest BCUT2D eigenvalue weighted by Gasteiger charge is 1.97. The SMILES string of the molecule is Cc1sc(=S)n(C)c1C. The summed E-state index contributed by atoms with van der Waals surface area (Å²) in [6.07, 6.45) is 0. The molecule has 0 unspecified atom stereocenters. The van der Waals surface area contributed by atoms with Crippen molar-refractivity contribution in [2.45, 2.75) is 13.8 Å². The Labute approximate surface area is 64.0 Å². The van der Waals surface area contributed by atoms with Gasteiger partial charge in [-0.2, -0.15) is 0 Å². The van der Waals surface area contributed by atoms with Gasteiger partial charge in [-0.05, 0) is 26.1 Å². The van der Waals surface area contributed by atoms with Crippen LogP contribution in [0.2, 0.25) is 0 Å². The van der Waals surface area contributed by atoms with Crippen molar-refractivity contribution in [1.82, 2.24) is 4.57 Å². The van der Waals surface area contributed by atoms with Crippen LogP contribution in [0.25, 0.3) is 0 Å². The fourth-order valence-corrected chi connectivity index (χ4v) is 1.98. The van der Waals surface area contributed by atoms with Gasteiger partial charge in [-0.3, -0.25) is 0 Å². The Hall–Kier alpha value is -0.150. The highest BCUT2D eigenvalue weighted by Crippen LogP contribution is 2.14. The van der Waals surface area contributed by atoms with E-state index in [0.29, 0.717) is 0 Å². The molecule has 1 aromatic heterocycles. The summed E-state index contributed by atoms with van der Waals surface area (Å²) < 4.78 is 3.00. The Morgan fingerprint density at radius 2 is 2.00 bits per heavy atom. The molecule has 1 nitrogen and oxygen atoms in total. The van der Waals surface area contributed by atoms with Crippen molar-refractivity contribution in [3.63, 3.8) is 0 Å². The van der Waals surface area contributed by atoms with Gasteiger partial charge in [-0.25, -0.2) is 0 Å². The first-order valence-electron chi connectivity index (χ1n) is 2.76. The van der Waals surface area contributed by atoms with Crippen LogP contribution in [0.15, 0.2) is 0 Å². The average Bonchev–Trinajstić information content (AvgIpc) is 1.98. The van der Waals surface area contributed by atoms with Crippen molar-refractivity contribution in [2.75, 3.05) is 0 Å². The molecule has 0 aliphatic rings. The van der Waals surface area contributed by atoms with Gasteiger partial charge < -0.3 is 4.57 Å². The third kappa shape index (κ3) is 1.07. The van der Waals surface area contributed by atoms with Gasteiger partial charge >= 0.3 is 0 Å². The van der Waals surface area contributed by atoms with Gasteiger partial charge in [0.2, 0.25) is 0 Å². The molecule has 50 valence electrons. The lowest BCUT2D eigenvalue weighted by molar-refractivity contribution is 0.867. The van der Waals surface area contributed by atoms with Gasteiger partial charge in [0.15, 0.2) is 3.95 Å². The van der Waals surface area contributed by atoms with Gasteiger partial charge in [0.25, 0.3) is 0 Å². The largest absolute Gasteiger partial charge is 0.330 e. The number of thiazole rings is 1. The number of hydrogen-bond acceptors (Lipinski definition) is 2. The van der Waals surface area contributed by atoms with Gasteiger partial charge in [0.05, 0.1) is 0 Å². The predicted octanol–water partition coefficient (Wildman–Crippen LogP) is 2.43. The topological polar surface area (TPSA) is 4.93 Å². The maximum Gasteiger partial charge on any atom is 0.161 e. The molecule has 0 aromatic carbocycles. The smallest absolute Gasteiger partial charge is 0.161 e. The summed E-state index contributed by atoms with van der Waals surface area (Å²) in [6, 6.07) is 0. The fraction of sp³-hybridized carbons (Fsp3) is 0.500. The predicted molar refractivity (Wildman–Crippen MR) is 43.6 cm³/mol. The highest BCUT2D eigenvalue weighted by atomic mass is 32.1. The second-order valence-electron chi connectivity index (χ2n) is 2.07. The number of aryl methyl sites for hydroxylation is 1. The van der Waals surface area contributed by atoms with E-state index < -0.39 is 0 Å². The van der Waals surface area contributed by atoms with E-state index in [-0.39, 0.29) is 0 Å². The monoisotopic (exact) mass is 159 g/mol. The van der Waals surface area contributed by atoms with Crippen LogP contribution in [0.4, 0.5) is 0 Å². The molecule has 0 aliphatic heterocycles. The molecule has 1 heterocycles. The molecule has 0 bridgehead atoms. The minimum absolute atomic E-state index is 0.963. The number of rotatable bonds is 0. The molecule has 9 heavy (non-hydrogen) atoms. The molecule has 0 saturated carbocycles. The van der Waals surface area contributed by atoms with Crippen LogP contribution in [-0.4, -0.2) is 4.57 Å². The van der Waals surface area contributed by atoms with Gasteiger partial charge in [-0.1, -0.05) is 0 Å². The average molecular weight is 159 g/mol. The first-order valence-corrected chi connectivity index (χ1v) is 3.98. The van der Waals surface area contributed by atoms with Gasteiger partial charge in [0, 0.05) is 17.6 Å². The van der Waals surface area contributed by atoms with Crippen LogP contribution >= 0.6 is 23.6 Å². The maximum atomic E-state index is 5.04. The van der Waals surface area contributed by atoms with E-state index in [0.717, 1.165) is 3.95 Å². The summed E-state index contributed by atoms with van der Waals surface area (Å²) in [7, 11) is 2.00. The number of nitrogens with zero attached hydrogens (tertiary/aromatic N) is 1. The molecule has 1 aromatic rings. The lowest BCUT2D eigenvalue weighted by Crippen LogP contribution is -1.89. The van der Waals surface area contributed by atoms with Crippen molar-refractivity contribution < 1.29 is 0 Å². The Morgan fingerprint density at radius 3 is 2.11 bits per heavy atom. The molecule has 0 saturated heterocycles. The molecule has 3 heteroatoms. The van der Waals surface area contributed by atoms with Gasteiger partial charge in [-0.15, -0.1) is 11.3 Å². The number of hydrogen-bond donors (Lipinski definition) is 0. The first-order chi connectivity index (χ1) is 4.13. The van der Waals surface area contributed by atoms with Crippen molar-refractivity contribution in [3.8, 4) is 0 Å². The molecular weight excluding hydrogens is 150 g/mol. The Bertz CT molecular complexity index is 269. The zero-order chi connectivity index (χ0) is 7.02. The maximum absolute atomic E-state index is 5.04. The van der Waals surface area contributed by atoms with E-state index in [9.17, 15) is 0 Å². The highest BCUT2D eigenvalue weighted by molar-refractivity contribution is 7.73.